The van der Waals surface area contributed by atoms with Crippen molar-refractivity contribution in [1.29, 1.82) is 0 Å². The van der Waals surface area contributed by atoms with Crippen LogP contribution in [0.3, 0.4) is 0 Å². The molecular weight excluding hydrogens is 260 g/mol. The second kappa shape index (κ2) is 8.18. The summed E-state index contributed by atoms with van der Waals surface area (Å²) in [6, 6.07) is 19.7. The van der Waals surface area contributed by atoms with Gasteiger partial charge in [0.15, 0.2) is 5.78 Å². The Morgan fingerprint density at radius 1 is 1.00 bits per heavy atom. The molecule has 21 heavy (non-hydrogen) atoms. The Morgan fingerprint density at radius 2 is 1.62 bits per heavy atom. The van der Waals surface area contributed by atoms with E-state index in [1.807, 2.05) is 60.7 Å². The summed E-state index contributed by atoms with van der Waals surface area (Å²) in [6.07, 6.45) is 4.31. The number of rotatable bonds is 7. The van der Waals surface area contributed by atoms with E-state index in [0.717, 1.165) is 12.0 Å². The van der Waals surface area contributed by atoms with Crippen LogP contribution >= 0.6 is 0 Å². The van der Waals surface area contributed by atoms with Crippen LogP contribution in [0, 0.1) is 0 Å². The van der Waals surface area contributed by atoms with E-state index in [4.69, 9.17) is 0 Å². The maximum Gasteiger partial charge on any atom is 0.158 e. The Kier molecular flexibility index (Phi) is 5.92. The molecule has 0 unspecified atom stereocenters. The molecule has 2 heteroatoms. The molecule has 1 N–H and O–H groups in total. The van der Waals surface area contributed by atoms with Gasteiger partial charge in [0.1, 0.15) is 0 Å². The summed E-state index contributed by atoms with van der Waals surface area (Å²) >= 11 is 0. The Balaban J connectivity index is 1.76. The first kappa shape index (κ1) is 15.2. The van der Waals surface area contributed by atoms with E-state index in [1.165, 1.54) is 5.56 Å². The summed E-state index contributed by atoms with van der Waals surface area (Å²) in [5, 5.41) is 9.92. The van der Waals surface area contributed by atoms with E-state index >= 15 is 0 Å². The molecule has 1 atom stereocenters. The van der Waals surface area contributed by atoms with Crippen molar-refractivity contribution < 1.29 is 9.90 Å². The summed E-state index contributed by atoms with van der Waals surface area (Å²) < 4.78 is 0. The summed E-state index contributed by atoms with van der Waals surface area (Å²) in [5.74, 6) is -0.0422. The molecule has 108 valence electrons. The second-order valence-electron chi connectivity index (χ2n) is 5.09. The van der Waals surface area contributed by atoms with Gasteiger partial charge in [-0.3, -0.25) is 4.79 Å². The van der Waals surface area contributed by atoms with Crippen LogP contribution < -0.4 is 0 Å². The van der Waals surface area contributed by atoms with Crippen molar-refractivity contribution >= 4 is 11.9 Å². The molecule has 2 nitrogen and oxygen atoms in total. The number of ketones is 1. The molecule has 0 aliphatic heterocycles. The third-order valence-corrected chi connectivity index (χ3v) is 3.31. The minimum Gasteiger partial charge on any atom is -0.393 e. The third-order valence-electron chi connectivity index (χ3n) is 3.31. The van der Waals surface area contributed by atoms with Gasteiger partial charge in [0.2, 0.25) is 0 Å². The molecule has 0 saturated carbocycles. The maximum absolute atomic E-state index is 11.8. The Hall–Kier alpha value is -2.19. The zero-order valence-corrected chi connectivity index (χ0v) is 12.0. The summed E-state index contributed by atoms with van der Waals surface area (Å²) in [5.41, 5.74) is 2.17. The summed E-state index contributed by atoms with van der Waals surface area (Å²) in [4.78, 5) is 11.8. The lowest BCUT2D eigenvalue weighted by molar-refractivity contribution is -0.116. The highest BCUT2D eigenvalue weighted by atomic mass is 16.3. The number of hydrogen-bond acceptors (Lipinski definition) is 2. The van der Waals surface area contributed by atoms with Crippen LogP contribution in [0.5, 0.6) is 0 Å². The van der Waals surface area contributed by atoms with Gasteiger partial charge >= 0.3 is 0 Å². The maximum atomic E-state index is 11.8. The molecule has 0 amide bonds. The van der Waals surface area contributed by atoms with E-state index in [2.05, 4.69) is 0 Å². The van der Waals surface area contributed by atoms with Gasteiger partial charge in [-0.15, -0.1) is 0 Å². The monoisotopic (exact) mass is 280 g/mol. The minimum absolute atomic E-state index is 0.0422. The first-order chi connectivity index (χ1) is 10.2. The molecule has 2 aromatic carbocycles. The van der Waals surface area contributed by atoms with Gasteiger partial charge in [0.05, 0.1) is 6.10 Å². The molecule has 0 aliphatic rings. The standard InChI is InChI=1S/C19H20O2/c20-18(13-11-16-7-3-1-4-8-16)15-19(21)14-12-17-9-5-2-6-10-17/h1-11,13,19,21H,12,14-15H2/b13-11+/t19-/m0/s1. The SMILES string of the molecule is O=C(/C=C/c1ccccc1)C[C@@H](O)CCc1ccccc1. The third kappa shape index (κ3) is 5.76. The van der Waals surface area contributed by atoms with Crippen LogP contribution in [0.2, 0.25) is 0 Å². The van der Waals surface area contributed by atoms with E-state index in [-0.39, 0.29) is 12.2 Å². The molecule has 2 aromatic rings. The average Bonchev–Trinajstić information content (AvgIpc) is 2.53. The van der Waals surface area contributed by atoms with Gasteiger partial charge in [-0.25, -0.2) is 0 Å². The lowest BCUT2D eigenvalue weighted by Gasteiger charge is -2.08. The number of aliphatic hydroxyl groups excluding tert-OH is 1. The molecule has 0 aromatic heterocycles. The quantitative estimate of drug-likeness (QED) is 0.786. The van der Waals surface area contributed by atoms with Crippen LogP contribution in [-0.4, -0.2) is 17.0 Å². The van der Waals surface area contributed by atoms with E-state index in [0.29, 0.717) is 6.42 Å². The van der Waals surface area contributed by atoms with Crippen molar-refractivity contribution in [2.45, 2.75) is 25.4 Å². The fourth-order valence-electron chi connectivity index (χ4n) is 2.13. The zero-order chi connectivity index (χ0) is 14.9. The van der Waals surface area contributed by atoms with Gasteiger partial charge in [-0.05, 0) is 30.0 Å². The smallest absolute Gasteiger partial charge is 0.158 e. The topological polar surface area (TPSA) is 37.3 Å². The van der Waals surface area contributed by atoms with Crippen LogP contribution in [0.1, 0.15) is 24.0 Å². The van der Waals surface area contributed by atoms with Crippen molar-refractivity contribution in [3.63, 3.8) is 0 Å². The molecular formula is C19H20O2. The lowest BCUT2D eigenvalue weighted by Crippen LogP contribution is -2.12. The number of aliphatic hydroxyl groups is 1. The molecule has 2 rings (SSSR count). The van der Waals surface area contributed by atoms with Gasteiger partial charge in [0.25, 0.3) is 0 Å². The number of aryl methyl sites for hydroxylation is 1. The van der Waals surface area contributed by atoms with Crippen LogP contribution in [-0.2, 0) is 11.2 Å². The summed E-state index contributed by atoms with van der Waals surface area (Å²) in [7, 11) is 0. The average molecular weight is 280 g/mol. The van der Waals surface area contributed by atoms with Crippen molar-refractivity contribution in [2.24, 2.45) is 0 Å². The second-order valence-corrected chi connectivity index (χ2v) is 5.09. The Bertz CT molecular complexity index is 573. The number of allylic oxidation sites excluding steroid dienone is 1. The van der Waals surface area contributed by atoms with Crippen LogP contribution in [0.15, 0.2) is 66.7 Å². The van der Waals surface area contributed by atoms with Crippen molar-refractivity contribution in [1.82, 2.24) is 0 Å². The van der Waals surface area contributed by atoms with Crippen molar-refractivity contribution in [3.8, 4) is 0 Å². The normalized spacial score (nSPS) is 12.4. The first-order valence-electron chi connectivity index (χ1n) is 7.22. The molecule has 0 radical (unpaired) electrons. The molecule has 0 fully saturated rings. The first-order valence-corrected chi connectivity index (χ1v) is 7.22. The predicted octanol–water partition coefficient (Wildman–Crippen LogP) is 3.65. The highest BCUT2D eigenvalue weighted by molar-refractivity contribution is 5.93. The predicted molar refractivity (Wildman–Crippen MR) is 85.9 cm³/mol. The number of benzene rings is 2. The number of carbonyl (C=O) groups is 1. The molecule has 0 saturated heterocycles. The number of hydrogen-bond donors (Lipinski definition) is 1. The molecule has 0 bridgehead atoms. The van der Waals surface area contributed by atoms with Gasteiger partial charge < -0.3 is 5.11 Å². The molecule has 0 spiro atoms. The fourth-order valence-corrected chi connectivity index (χ4v) is 2.13. The number of carbonyl (C=O) groups excluding carboxylic acids is 1. The van der Waals surface area contributed by atoms with Crippen molar-refractivity contribution in [3.05, 3.63) is 77.9 Å². The fraction of sp³-hybridized carbons (Fsp3) is 0.211. The largest absolute Gasteiger partial charge is 0.393 e. The van der Waals surface area contributed by atoms with Crippen LogP contribution in [0.25, 0.3) is 6.08 Å². The van der Waals surface area contributed by atoms with Crippen LogP contribution in [0.4, 0.5) is 0 Å². The van der Waals surface area contributed by atoms with E-state index in [9.17, 15) is 9.90 Å². The van der Waals surface area contributed by atoms with Gasteiger partial charge in [-0.2, -0.15) is 0 Å². The molecule has 0 heterocycles. The van der Waals surface area contributed by atoms with Crippen molar-refractivity contribution in [2.75, 3.05) is 0 Å². The van der Waals surface area contributed by atoms with E-state index < -0.39 is 6.10 Å². The zero-order valence-electron chi connectivity index (χ0n) is 12.0. The minimum atomic E-state index is -0.585. The highest BCUT2D eigenvalue weighted by Crippen LogP contribution is 2.08. The van der Waals surface area contributed by atoms with Gasteiger partial charge in [0, 0.05) is 6.42 Å². The highest BCUT2D eigenvalue weighted by Gasteiger charge is 2.08. The van der Waals surface area contributed by atoms with E-state index in [1.54, 1.807) is 12.2 Å². The molecule has 0 aliphatic carbocycles. The lowest BCUT2D eigenvalue weighted by atomic mass is 10.0. The summed E-state index contributed by atoms with van der Waals surface area (Å²) in [6.45, 7) is 0. The van der Waals surface area contributed by atoms with Gasteiger partial charge in [-0.1, -0.05) is 66.7 Å². The Morgan fingerprint density at radius 3 is 2.29 bits per heavy atom. The Labute approximate surface area is 125 Å².